The minimum atomic E-state index is 1.24. The Morgan fingerprint density at radius 1 is 0.241 bits per heavy atom. The van der Waals surface area contributed by atoms with E-state index in [0.29, 0.717) is 0 Å². The Hall–Kier alpha value is -6.84. The molecule has 13 aromatic rings. The zero-order valence-electron chi connectivity index (χ0n) is 31.3. The van der Waals surface area contributed by atoms with Crippen molar-refractivity contribution >= 4 is 117 Å². The van der Waals surface area contributed by atoms with Crippen molar-refractivity contribution in [3.63, 3.8) is 0 Å². The minimum absolute atomic E-state index is 1.24. The molecule has 0 amide bonds. The molecule has 0 bridgehead atoms. The molecule has 0 spiro atoms. The maximum Gasteiger partial charge on any atom is 0.0534 e. The lowest BCUT2D eigenvalue weighted by atomic mass is 9.84. The molecule has 0 radical (unpaired) electrons. The summed E-state index contributed by atoms with van der Waals surface area (Å²) in [4.78, 5) is 0. The van der Waals surface area contributed by atoms with Crippen LogP contribution in [0.15, 0.2) is 194 Å². The molecule has 0 saturated heterocycles. The fraction of sp³-hybridized carbons (Fsp3) is 0. The first-order valence-corrected chi connectivity index (χ1v) is 21.5. The number of hydrogen-bond donors (Lipinski definition) is 0. The highest BCUT2D eigenvalue weighted by molar-refractivity contribution is 7.34. The van der Waals surface area contributed by atoms with E-state index < -0.39 is 0 Å². The van der Waals surface area contributed by atoms with Gasteiger partial charge in [0.05, 0.1) is 9.40 Å². The van der Waals surface area contributed by atoms with Crippen LogP contribution in [0.5, 0.6) is 0 Å². The Balaban J connectivity index is 0.993. The van der Waals surface area contributed by atoms with Gasteiger partial charge in [-0.3, -0.25) is 0 Å². The lowest BCUT2D eigenvalue weighted by Gasteiger charge is -2.19. The highest BCUT2D eigenvalue weighted by atomic mass is 32.1. The summed E-state index contributed by atoms with van der Waals surface area (Å²) in [6.45, 7) is 0. The summed E-state index contributed by atoms with van der Waals surface area (Å²) in [5.74, 6) is 0. The number of hydrogen-bond acceptors (Lipinski definition) is 2. The summed E-state index contributed by atoms with van der Waals surface area (Å²) in [6.07, 6.45) is 0. The fourth-order valence-electron chi connectivity index (χ4n) is 9.82. The average molecular weight is 769 g/mol. The van der Waals surface area contributed by atoms with Gasteiger partial charge in [-0.1, -0.05) is 170 Å². The molecule has 0 saturated carbocycles. The molecule has 0 aliphatic carbocycles. The van der Waals surface area contributed by atoms with E-state index in [0.717, 1.165) is 0 Å². The van der Waals surface area contributed by atoms with Gasteiger partial charge in [0, 0.05) is 36.3 Å². The first-order chi connectivity index (χ1) is 28.8. The van der Waals surface area contributed by atoms with Crippen LogP contribution in [0.1, 0.15) is 0 Å². The minimum Gasteiger partial charge on any atom is -0.134 e. The molecule has 0 fully saturated rings. The van der Waals surface area contributed by atoms with Crippen LogP contribution in [0, 0.1) is 0 Å². The van der Waals surface area contributed by atoms with Crippen molar-refractivity contribution in [3.8, 4) is 33.4 Å². The third-order valence-electron chi connectivity index (χ3n) is 12.4. The average Bonchev–Trinajstić information content (AvgIpc) is 3.86. The van der Waals surface area contributed by atoms with Gasteiger partial charge < -0.3 is 0 Å². The molecule has 0 aliphatic heterocycles. The molecule has 268 valence electrons. The third kappa shape index (κ3) is 4.62. The van der Waals surface area contributed by atoms with Crippen molar-refractivity contribution in [3.05, 3.63) is 194 Å². The third-order valence-corrected chi connectivity index (χ3v) is 15.0. The van der Waals surface area contributed by atoms with Gasteiger partial charge in [-0.25, -0.2) is 0 Å². The van der Waals surface area contributed by atoms with E-state index in [9.17, 15) is 0 Å². The van der Waals surface area contributed by atoms with Gasteiger partial charge in [-0.05, 0) is 106 Å². The van der Waals surface area contributed by atoms with E-state index >= 15 is 0 Å². The zero-order chi connectivity index (χ0) is 37.9. The van der Waals surface area contributed by atoms with Crippen LogP contribution in [0.4, 0.5) is 0 Å². The summed E-state index contributed by atoms with van der Waals surface area (Å²) in [5, 5.41) is 18.2. The van der Waals surface area contributed by atoms with Crippen molar-refractivity contribution < 1.29 is 0 Å². The molecule has 0 atom stereocenters. The molecule has 0 N–H and O–H groups in total. The van der Waals surface area contributed by atoms with Gasteiger partial charge >= 0.3 is 0 Å². The highest BCUT2D eigenvalue weighted by Gasteiger charge is 2.20. The van der Waals surface area contributed by atoms with Gasteiger partial charge in [0.15, 0.2) is 0 Å². The smallest absolute Gasteiger partial charge is 0.0534 e. The van der Waals surface area contributed by atoms with Crippen LogP contribution in [0.2, 0.25) is 0 Å². The number of rotatable bonds is 3. The lowest BCUT2D eigenvalue weighted by molar-refractivity contribution is 1.68. The van der Waals surface area contributed by atoms with Crippen LogP contribution >= 0.6 is 22.7 Å². The van der Waals surface area contributed by atoms with E-state index in [1.807, 2.05) is 22.7 Å². The normalized spacial score (nSPS) is 12.1. The van der Waals surface area contributed by atoms with Gasteiger partial charge in [0.1, 0.15) is 0 Å². The van der Waals surface area contributed by atoms with E-state index in [-0.39, 0.29) is 0 Å². The van der Waals surface area contributed by atoms with Crippen molar-refractivity contribution in [2.45, 2.75) is 0 Å². The van der Waals surface area contributed by atoms with Crippen molar-refractivity contribution in [1.82, 2.24) is 0 Å². The fourth-order valence-corrected chi connectivity index (χ4v) is 12.5. The predicted octanol–water partition coefficient (Wildman–Crippen LogP) is 17.2. The number of benzene rings is 11. The Kier molecular flexibility index (Phi) is 6.86. The van der Waals surface area contributed by atoms with Crippen LogP contribution in [-0.4, -0.2) is 0 Å². The maximum atomic E-state index is 2.46. The largest absolute Gasteiger partial charge is 0.134 e. The summed E-state index contributed by atoms with van der Waals surface area (Å²) in [5.41, 5.74) is 7.63. The topological polar surface area (TPSA) is 0 Å². The SMILES string of the molecule is c1ccc2c(-c3c4ccccc4c(-c4ccc5cc(-c6cc7c8ccc9c%10ccccc%10sc9c8sc7c7ccccc67)ccc5c4)c4ccccc34)cccc2c1. The first kappa shape index (κ1) is 32.3. The molecule has 0 nitrogen and oxygen atoms in total. The van der Waals surface area contributed by atoms with Crippen LogP contribution in [0.25, 0.3) is 128 Å². The van der Waals surface area contributed by atoms with E-state index in [1.165, 1.54) is 128 Å². The van der Waals surface area contributed by atoms with Gasteiger partial charge in [-0.15, -0.1) is 22.7 Å². The van der Waals surface area contributed by atoms with Crippen molar-refractivity contribution in [2.75, 3.05) is 0 Å². The maximum absolute atomic E-state index is 2.46. The molecule has 2 heteroatoms. The second-order valence-corrected chi connectivity index (χ2v) is 17.6. The predicted molar refractivity (Wildman–Crippen MR) is 256 cm³/mol. The molecule has 11 aromatic carbocycles. The molecular formula is C56H32S2. The van der Waals surface area contributed by atoms with Crippen LogP contribution in [0.3, 0.4) is 0 Å². The molecule has 0 unspecified atom stereocenters. The molecule has 2 heterocycles. The van der Waals surface area contributed by atoms with Crippen molar-refractivity contribution in [2.24, 2.45) is 0 Å². The molecule has 2 aromatic heterocycles. The molecule has 13 rings (SSSR count). The summed E-state index contributed by atoms with van der Waals surface area (Å²) < 4.78 is 5.52. The monoisotopic (exact) mass is 768 g/mol. The summed E-state index contributed by atoms with van der Waals surface area (Å²) in [6, 6.07) is 72.5. The standard InChI is InChI=1S/C56H32S2/c1-2-14-38-33(12-1)13-11-22-41(38)53-44-19-6-4-17-42(44)52(43-18-5-7-20-45(43)53)37-27-25-34-30-36(26-24-35(34)31-37)49-32-50-48-29-28-47-40-16-9-10-23-51(40)57-55(47)56(48)58-54(50)46-21-8-3-15-39(46)49/h1-32H. The Labute approximate surface area is 342 Å². The first-order valence-electron chi connectivity index (χ1n) is 19.9. The number of fused-ring (bicyclic) bond motifs is 13. The van der Waals surface area contributed by atoms with Gasteiger partial charge in [-0.2, -0.15) is 0 Å². The second kappa shape index (κ2) is 12.3. The molecule has 0 aliphatic rings. The van der Waals surface area contributed by atoms with Gasteiger partial charge in [0.2, 0.25) is 0 Å². The quantitative estimate of drug-likeness (QED) is 0.157. The summed E-state index contributed by atoms with van der Waals surface area (Å²) in [7, 11) is 0. The highest BCUT2D eigenvalue weighted by Crippen LogP contribution is 2.49. The van der Waals surface area contributed by atoms with E-state index in [4.69, 9.17) is 0 Å². The lowest BCUT2D eigenvalue weighted by Crippen LogP contribution is -1.91. The Morgan fingerprint density at radius 3 is 1.50 bits per heavy atom. The molecule has 58 heavy (non-hydrogen) atoms. The van der Waals surface area contributed by atoms with Crippen LogP contribution in [-0.2, 0) is 0 Å². The van der Waals surface area contributed by atoms with Crippen LogP contribution < -0.4 is 0 Å². The Morgan fingerprint density at radius 2 is 0.759 bits per heavy atom. The zero-order valence-corrected chi connectivity index (χ0v) is 32.9. The number of thiophene rings is 2. The van der Waals surface area contributed by atoms with Gasteiger partial charge in [0.25, 0.3) is 0 Å². The van der Waals surface area contributed by atoms with E-state index in [1.54, 1.807) is 0 Å². The second-order valence-electron chi connectivity index (χ2n) is 15.5. The summed E-state index contributed by atoms with van der Waals surface area (Å²) >= 11 is 3.88. The van der Waals surface area contributed by atoms with Crippen molar-refractivity contribution in [1.29, 1.82) is 0 Å². The Bertz CT molecular complexity index is 3800. The van der Waals surface area contributed by atoms with E-state index in [2.05, 4.69) is 194 Å². The molecular weight excluding hydrogens is 737 g/mol.